The molecule has 0 fully saturated rings. The minimum atomic E-state index is 0.686. The van der Waals surface area contributed by atoms with Crippen LogP contribution in [0.15, 0.2) is 42.5 Å². The maximum absolute atomic E-state index is 5.46. The molecule has 0 saturated heterocycles. The number of benzene rings is 2. The average molecular weight is 314 g/mol. The molecule has 0 unspecified atom stereocenters. The molecule has 0 amide bonds. The first-order chi connectivity index (χ1) is 11.2. The van der Waals surface area contributed by atoms with Crippen LogP contribution in [0.5, 0.6) is 11.5 Å². The van der Waals surface area contributed by atoms with E-state index in [0.29, 0.717) is 6.54 Å². The second-order valence-electron chi connectivity index (χ2n) is 5.23. The predicted molar refractivity (Wildman–Crippen MR) is 96.9 cm³/mol. The van der Waals surface area contributed by atoms with Gasteiger partial charge in [-0.05, 0) is 44.2 Å². The van der Waals surface area contributed by atoms with E-state index in [1.54, 1.807) is 14.2 Å². The number of hydrogen-bond acceptors (Lipinski definition) is 4. The number of methoxy groups -OCH3 is 2. The number of nitrogens with one attached hydrogen (secondary N) is 1. The van der Waals surface area contributed by atoms with Crippen LogP contribution in [0.4, 0.5) is 11.4 Å². The molecule has 0 spiro atoms. The van der Waals surface area contributed by atoms with Crippen molar-refractivity contribution in [3.8, 4) is 11.5 Å². The normalized spacial score (nSPS) is 10.3. The lowest BCUT2D eigenvalue weighted by molar-refractivity contribution is 0.352. The Morgan fingerprint density at radius 3 is 2.17 bits per heavy atom. The minimum Gasteiger partial charge on any atom is -0.493 e. The number of hydrogen-bond donors (Lipinski definition) is 1. The van der Waals surface area contributed by atoms with Gasteiger partial charge in [-0.25, -0.2) is 0 Å². The second-order valence-corrected chi connectivity index (χ2v) is 5.23. The molecule has 0 aliphatic carbocycles. The van der Waals surface area contributed by atoms with Gasteiger partial charge in [-0.2, -0.15) is 0 Å². The molecule has 1 N–H and O–H groups in total. The molecule has 0 bridgehead atoms. The summed E-state index contributed by atoms with van der Waals surface area (Å²) in [6.45, 7) is 7.06. The van der Waals surface area contributed by atoms with E-state index in [2.05, 4.69) is 48.3 Å². The topological polar surface area (TPSA) is 33.7 Å². The maximum atomic E-state index is 5.46. The van der Waals surface area contributed by atoms with Gasteiger partial charge < -0.3 is 19.7 Å². The molecule has 0 aliphatic heterocycles. The molecule has 0 aliphatic rings. The van der Waals surface area contributed by atoms with Gasteiger partial charge in [0.05, 0.1) is 14.2 Å². The van der Waals surface area contributed by atoms with Gasteiger partial charge in [-0.15, -0.1) is 0 Å². The van der Waals surface area contributed by atoms with Crippen molar-refractivity contribution in [2.75, 3.05) is 37.5 Å². The molecule has 2 aromatic rings. The van der Waals surface area contributed by atoms with Crippen molar-refractivity contribution in [3.63, 3.8) is 0 Å². The SMILES string of the molecule is CCN(CC)c1ccc(NCc2cccc(OC)c2OC)cc1. The third kappa shape index (κ3) is 4.09. The molecule has 2 rings (SSSR count). The molecule has 0 radical (unpaired) electrons. The highest BCUT2D eigenvalue weighted by Gasteiger charge is 2.09. The van der Waals surface area contributed by atoms with E-state index in [1.165, 1.54) is 5.69 Å². The van der Waals surface area contributed by atoms with Crippen molar-refractivity contribution in [1.82, 2.24) is 0 Å². The monoisotopic (exact) mass is 314 g/mol. The number of para-hydroxylation sites is 1. The van der Waals surface area contributed by atoms with Crippen LogP contribution in [0.2, 0.25) is 0 Å². The molecule has 0 atom stereocenters. The summed E-state index contributed by atoms with van der Waals surface area (Å²) in [6.07, 6.45) is 0. The van der Waals surface area contributed by atoms with Gasteiger partial charge in [0.15, 0.2) is 11.5 Å². The van der Waals surface area contributed by atoms with Crippen LogP contribution < -0.4 is 19.7 Å². The van der Waals surface area contributed by atoms with Crippen molar-refractivity contribution in [1.29, 1.82) is 0 Å². The van der Waals surface area contributed by atoms with Crippen molar-refractivity contribution >= 4 is 11.4 Å². The summed E-state index contributed by atoms with van der Waals surface area (Å²) in [6, 6.07) is 14.4. The first kappa shape index (κ1) is 17.0. The zero-order valence-corrected chi connectivity index (χ0v) is 14.4. The van der Waals surface area contributed by atoms with Gasteiger partial charge in [0, 0.05) is 36.6 Å². The number of nitrogens with zero attached hydrogens (tertiary/aromatic N) is 1. The molecule has 124 valence electrons. The van der Waals surface area contributed by atoms with E-state index in [1.807, 2.05) is 18.2 Å². The van der Waals surface area contributed by atoms with E-state index in [4.69, 9.17) is 9.47 Å². The van der Waals surface area contributed by atoms with Gasteiger partial charge >= 0.3 is 0 Å². The zero-order chi connectivity index (χ0) is 16.7. The molecule has 4 nitrogen and oxygen atoms in total. The van der Waals surface area contributed by atoms with E-state index >= 15 is 0 Å². The van der Waals surface area contributed by atoms with Crippen LogP contribution in [0.3, 0.4) is 0 Å². The lowest BCUT2D eigenvalue weighted by Gasteiger charge is -2.21. The Kier molecular flexibility index (Phi) is 6.15. The molecule has 0 aromatic heterocycles. The van der Waals surface area contributed by atoms with Crippen LogP contribution >= 0.6 is 0 Å². The summed E-state index contributed by atoms with van der Waals surface area (Å²) in [4.78, 5) is 2.33. The van der Waals surface area contributed by atoms with Crippen molar-refractivity contribution in [2.45, 2.75) is 20.4 Å². The summed E-state index contributed by atoms with van der Waals surface area (Å²) in [5.41, 5.74) is 3.41. The Hall–Kier alpha value is -2.36. The van der Waals surface area contributed by atoms with Crippen molar-refractivity contribution < 1.29 is 9.47 Å². The third-order valence-corrected chi connectivity index (χ3v) is 3.96. The van der Waals surface area contributed by atoms with Crippen LogP contribution in [0.25, 0.3) is 0 Å². The number of ether oxygens (including phenoxy) is 2. The van der Waals surface area contributed by atoms with Gasteiger partial charge in [0.1, 0.15) is 0 Å². The fraction of sp³-hybridized carbons (Fsp3) is 0.368. The maximum Gasteiger partial charge on any atom is 0.165 e. The summed E-state index contributed by atoms with van der Waals surface area (Å²) < 4.78 is 10.8. The predicted octanol–water partition coefficient (Wildman–Crippen LogP) is 4.16. The van der Waals surface area contributed by atoms with Crippen LogP contribution in [-0.2, 0) is 6.54 Å². The minimum absolute atomic E-state index is 0.686. The molecular weight excluding hydrogens is 288 g/mol. The summed E-state index contributed by atoms with van der Waals surface area (Å²) in [7, 11) is 3.32. The second kappa shape index (κ2) is 8.32. The summed E-state index contributed by atoms with van der Waals surface area (Å²) in [5, 5.41) is 3.44. The van der Waals surface area contributed by atoms with E-state index < -0.39 is 0 Å². The fourth-order valence-electron chi connectivity index (χ4n) is 2.67. The quantitative estimate of drug-likeness (QED) is 0.793. The Morgan fingerprint density at radius 2 is 1.61 bits per heavy atom. The zero-order valence-electron chi connectivity index (χ0n) is 14.4. The molecule has 23 heavy (non-hydrogen) atoms. The lowest BCUT2D eigenvalue weighted by Crippen LogP contribution is -2.21. The van der Waals surface area contributed by atoms with Gasteiger partial charge in [0.25, 0.3) is 0 Å². The van der Waals surface area contributed by atoms with Gasteiger partial charge in [-0.3, -0.25) is 0 Å². The van der Waals surface area contributed by atoms with E-state index in [-0.39, 0.29) is 0 Å². The average Bonchev–Trinajstić information content (AvgIpc) is 2.61. The Balaban J connectivity index is 2.07. The van der Waals surface area contributed by atoms with E-state index in [9.17, 15) is 0 Å². The van der Waals surface area contributed by atoms with Crippen LogP contribution in [-0.4, -0.2) is 27.3 Å². The third-order valence-electron chi connectivity index (χ3n) is 3.96. The summed E-state index contributed by atoms with van der Waals surface area (Å²) in [5.74, 6) is 1.53. The highest BCUT2D eigenvalue weighted by Crippen LogP contribution is 2.31. The first-order valence-electron chi connectivity index (χ1n) is 8.02. The summed E-state index contributed by atoms with van der Waals surface area (Å²) >= 11 is 0. The Morgan fingerprint density at radius 1 is 0.913 bits per heavy atom. The van der Waals surface area contributed by atoms with Gasteiger partial charge in [-0.1, -0.05) is 12.1 Å². The highest BCUT2D eigenvalue weighted by atomic mass is 16.5. The number of anilines is 2. The van der Waals surface area contributed by atoms with E-state index in [0.717, 1.165) is 35.8 Å². The Labute approximate surface area is 139 Å². The fourth-order valence-corrected chi connectivity index (χ4v) is 2.67. The molecule has 0 heterocycles. The Bertz CT molecular complexity index is 607. The smallest absolute Gasteiger partial charge is 0.165 e. The molecule has 4 heteroatoms. The number of rotatable bonds is 8. The molecule has 2 aromatic carbocycles. The standard InChI is InChI=1S/C19H26N2O2/c1-5-21(6-2)17-12-10-16(11-13-17)20-14-15-8-7-9-18(22-3)19(15)23-4/h7-13,20H,5-6,14H2,1-4H3. The van der Waals surface area contributed by atoms with Crippen molar-refractivity contribution in [2.24, 2.45) is 0 Å². The highest BCUT2D eigenvalue weighted by molar-refractivity contribution is 5.56. The van der Waals surface area contributed by atoms with Crippen LogP contribution in [0, 0.1) is 0 Å². The molecular formula is C19H26N2O2. The lowest BCUT2D eigenvalue weighted by atomic mass is 10.1. The first-order valence-corrected chi connectivity index (χ1v) is 8.02. The largest absolute Gasteiger partial charge is 0.493 e. The van der Waals surface area contributed by atoms with Crippen LogP contribution in [0.1, 0.15) is 19.4 Å². The van der Waals surface area contributed by atoms with Crippen molar-refractivity contribution in [3.05, 3.63) is 48.0 Å². The molecule has 0 saturated carbocycles. The van der Waals surface area contributed by atoms with Gasteiger partial charge in [0.2, 0.25) is 0 Å².